The Labute approximate surface area is 133 Å². The number of amidine groups is 1. The summed E-state index contributed by atoms with van der Waals surface area (Å²) < 4.78 is 5.28. The number of likely N-dealkylation sites (N-methyl/N-ethyl adjacent to an activating group) is 1. The average molecular weight is 312 g/mol. The molecule has 0 atom stereocenters. The number of rotatable bonds is 3. The third-order valence-corrected chi connectivity index (χ3v) is 4.36. The molecule has 1 aliphatic heterocycles. The molecular formula is C17H16N2O2S. The van der Waals surface area contributed by atoms with Crippen LogP contribution in [0.25, 0.3) is 6.08 Å². The molecule has 0 bridgehead atoms. The zero-order valence-electron chi connectivity index (χ0n) is 12.4. The molecule has 1 aromatic carbocycles. The molecule has 22 heavy (non-hydrogen) atoms. The molecule has 1 amide bonds. The average Bonchev–Trinajstić information content (AvgIpc) is 3.11. The summed E-state index contributed by atoms with van der Waals surface area (Å²) in [7, 11) is 0. The quantitative estimate of drug-likeness (QED) is 0.797. The third-order valence-electron chi connectivity index (χ3n) is 3.35. The standard InChI is InChI=1S/C17H16N2O2S/c1-3-19-16(20)15(11-13-8-6-10-21-13)22-17(19)18-14-9-5-4-7-12(14)2/h4-11H,3H2,1-2H3/b15-11+,18-17?. The number of hydrogen-bond acceptors (Lipinski definition) is 4. The molecular weight excluding hydrogens is 296 g/mol. The van der Waals surface area contributed by atoms with Crippen LogP contribution in [0.15, 0.2) is 57.0 Å². The van der Waals surface area contributed by atoms with E-state index >= 15 is 0 Å². The fraction of sp³-hybridized carbons (Fsp3) is 0.176. The van der Waals surface area contributed by atoms with Crippen LogP contribution in [-0.2, 0) is 4.79 Å². The predicted molar refractivity (Wildman–Crippen MR) is 89.9 cm³/mol. The largest absolute Gasteiger partial charge is 0.465 e. The number of benzene rings is 1. The number of carbonyl (C=O) groups is 1. The van der Waals surface area contributed by atoms with E-state index in [9.17, 15) is 4.79 Å². The molecule has 2 heterocycles. The van der Waals surface area contributed by atoms with Gasteiger partial charge < -0.3 is 4.42 Å². The van der Waals surface area contributed by atoms with Gasteiger partial charge in [-0.05, 0) is 49.4 Å². The van der Waals surface area contributed by atoms with Crippen LogP contribution < -0.4 is 0 Å². The Morgan fingerprint density at radius 1 is 1.27 bits per heavy atom. The lowest BCUT2D eigenvalue weighted by molar-refractivity contribution is -0.122. The smallest absolute Gasteiger partial charge is 0.266 e. The van der Waals surface area contributed by atoms with Gasteiger partial charge in [-0.3, -0.25) is 9.69 Å². The van der Waals surface area contributed by atoms with Gasteiger partial charge in [-0.2, -0.15) is 0 Å². The summed E-state index contributed by atoms with van der Waals surface area (Å²) in [5.41, 5.74) is 1.97. The summed E-state index contributed by atoms with van der Waals surface area (Å²) >= 11 is 1.38. The summed E-state index contributed by atoms with van der Waals surface area (Å²) in [4.78, 5) is 19.4. The molecule has 0 spiro atoms. The maximum absolute atomic E-state index is 12.5. The highest BCUT2D eigenvalue weighted by Crippen LogP contribution is 2.34. The van der Waals surface area contributed by atoms with E-state index in [1.165, 1.54) is 11.8 Å². The number of para-hydroxylation sites is 1. The number of thioether (sulfide) groups is 1. The number of hydrogen-bond donors (Lipinski definition) is 0. The van der Waals surface area contributed by atoms with Crippen LogP contribution in [0.4, 0.5) is 5.69 Å². The summed E-state index contributed by atoms with van der Waals surface area (Å²) in [5.74, 6) is 0.639. The zero-order valence-corrected chi connectivity index (χ0v) is 13.3. The lowest BCUT2D eigenvalue weighted by Gasteiger charge is -2.12. The highest BCUT2D eigenvalue weighted by atomic mass is 32.2. The second-order valence-corrected chi connectivity index (χ2v) is 5.87. The van der Waals surface area contributed by atoms with Crippen molar-refractivity contribution in [2.24, 2.45) is 4.99 Å². The maximum Gasteiger partial charge on any atom is 0.266 e. The Balaban J connectivity index is 1.95. The lowest BCUT2D eigenvalue weighted by atomic mass is 10.2. The van der Waals surface area contributed by atoms with Crippen LogP contribution in [0.1, 0.15) is 18.2 Å². The Kier molecular flexibility index (Phi) is 4.15. The van der Waals surface area contributed by atoms with Crippen molar-refractivity contribution < 1.29 is 9.21 Å². The maximum atomic E-state index is 12.5. The van der Waals surface area contributed by atoms with E-state index in [0.717, 1.165) is 11.3 Å². The van der Waals surface area contributed by atoms with Gasteiger partial charge in [0, 0.05) is 12.6 Å². The highest BCUT2D eigenvalue weighted by Gasteiger charge is 2.32. The Morgan fingerprint density at radius 3 is 2.77 bits per heavy atom. The van der Waals surface area contributed by atoms with Crippen LogP contribution in [-0.4, -0.2) is 22.5 Å². The molecule has 5 heteroatoms. The van der Waals surface area contributed by atoms with E-state index in [4.69, 9.17) is 4.42 Å². The van der Waals surface area contributed by atoms with Gasteiger partial charge in [0.05, 0.1) is 16.9 Å². The minimum atomic E-state index is -0.0313. The SMILES string of the molecule is CCN1C(=O)/C(=C\c2ccco2)SC1=Nc1ccccc1C. The number of nitrogens with zero attached hydrogens (tertiary/aromatic N) is 2. The molecule has 0 N–H and O–H groups in total. The van der Waals surface area contributed by atoms with Crippen molar-refractivity contribution in [3.8, 4) is 0 Å². The lowest BCUT2D eigenvalue weighted by Crippen LogP contribution is -2.28. The van der Waals surface area contributed by atoms with E-state index in [-0.39, 0.29) is 5.91 Å². The first-order valence-electron chi connectivity index (χ1n) is 7.08. The fourth-order valence-electron chi connectivity index (χ4n) is 2.16. The van der Waals surface area contributed by atoms with Gasteiger partial charge in [0.2, 0.25) is 0 Å². The van der Waals surface area contributed by atoms with E-state index in [0.29, 0.717) is 22.4 Å². The van der Waals surface area contributed by atoms with Crippen molar-refractivity contribution in [2.75, 3.05) is 6.54 Å². The third kappa shape index (κ3) is 2.85. The number of carbonyl (C=O) groups excluding carboxylic acids is 1. The van der Waals surface area contributed by atoms with E-state index in [1.807, 2.05) is 44.2 Å². The second-order valence-electron chi connectivity index (χ2n) is 4.86. The summed E-state index contributed by atoms with van der Waals surface area (Å²) in [6.45, 7) is 4.55. The Hall–Kier alpha value is -2.27. The van der Waals surface area contributed by atoms with Crippen molar-refractivity contribution in [3.63, 3.8) is 0 Å². The number of aryl methyl sites for hydroxylation is 1. The molecule has 1 aromatic heterocycles. The molecule has 0 unspecified atom stereocenters. The minimum absolute atomic E-state index is 0.0313. The van der Waals surface area contributed by atoms with Crippen molar-refractivity contribution in [1.29, 1.82) is 0 Å². The molecule has 1 fully saturated rings. The molecule has 0 saturated carbocycles. The van der Waals surface area contributed by atoms with Crippen molar-refractivity contribution in [3.05, 3.63) is 58.9 Å². The van der Waals surface area contributed by atoms with Crippen molar-refractivity contribution in [1.82, 2.24) is 4.90 Å². The van der Waals surface area contributed by atoms with Crippen LogP contribution in [0.3, 0.4) is 0 Å². The molecule has 1 saturated heterocycles. The van der Waals surface area contributed by atoms with E-state index in [2.05, 4.69) is 4.99 Å². The van der Waals surface area contributed by atoms with Gasteiger partial charge in [0.1, 0.15) is 5.76 Å². The number of amides is 1. The molecule has 112 valence electrons. The first kappa shape index (κ1) is 14.7. The van der Waals surface area contributed by atoms with Gasteiger partial charge in [-0.25, -0.2) is 4.99 Å². The summed E-state index contributed by atoms with van der Waals surface area (Å²) in [5, 5.41) is 0.708. The van der Waals surface area contributed by atoms with Crippen molar-refractivity contribution >= 4 is 34.6 Å². The second kappa shape index (κ2) is 6.23. The van der Waals surface area contributed by atoms with Gasteiger partial charge in [-0.1, -0.05) is 18.2 Å². The van der Waals surface area contributed by atoms with Crippen LogP contribution in [0.5, 0.6) is 0 Å². The van der Waals surface area contributed by atoms with Crippen LogP contribution in [0, 0.1) is 6.92 Å². The van der Waals surface area contributed by atoms with Gasteiger partial charge in [0.15, 0.2) is 5.17 Å². The van der Waals surface area contributed by atoms with Crippen molar-refractivity contribution in [2.45, 2.75) is 13.8 Å². The van der Waals surface area contributed by atoms with Gasteiger partial charge in [0.25, 0.3) is 5.91 Å². The van der Waals surface area contributed by atoms with Crippen LogP contribution >= 0.6 is 11.8 Å². The normalized spacial score (nSPS) is 18.6. The molecule has 4 nitrogen and oxygen atoms in total. The minimum Gasteiger partial charge on any atom is -0.465 e. The monoisotopic (exact) mass is 312 g/mol. The number of aliphatic imine (C=N–C) groups is 1. The molecule has 3 rings (SSSR count). The number of furan rings is 1. The first-order valence-corrected chi connectivity index (χ1v) is 7.90. The summed E-state index contributed by atoms with van der Waals surface area (Å²) in [6, 6.07) is 11.5. The van der Waals surface area contributed by atoms with Gasteiger partial charge in [-0.15, -0.1) is 0 Å². The molecule has 0 aliphatic carbocycles. The molecule has 1 aliphatic rings. The summed E-state index contributed by atoms with van der Waals surface area (Å²) in [6.07, 6.45) is 3.35. The topological polar surface area (TPSA) is 45.8 Å². The van der Waals surface area contributed by atoms with Gasteiger partial charge >= 0.3 is 0 Å². The Bertz CT molecular complexity index is 748. The van der Waals surface area contributed by atoms with E-state index < -0.39 is 0 Å². The Morgan fingerprint density at radius 2 is 2.09 bits per heavy atom. The molecule has 2 aromatic rings. The predicted octanol–water partition coefficient (Wildman–Crippen LogP) is 4.21. The molecule has 0 radical (unpaired) electrons. The van der Waals surface area contributed by atoms with Crippen LogP contribution in [0.2, 0.25) is 0 Å². The first-order chi connectivity index (χ1) is 10.7. The van der Waals surface area contributed by atoms with E-state index in [1.54, 1.807) is 23.3 Å². The highest BCUT2D eigenvalue weighted by molar-refractivity contribution is 8.18. The zero-order chi connectivity index (χ0) is 15.5. The fourth-order valence-corrected chi connectivity index (χ4v) is 3.20.